The minimum Gasteiger partial charge on any atom is -0.620 e. The van der Waals surface area contributed by atoms with Gasteiger partial charge in [-0.1, -0.05) is 6.07 Å². The number of benzene rings is 1. The first kappa shape index (κ1) is 19.7. The summed E-state index contributed by atoms with van der Waals surface area (Å²) in [7, 11) is 1.27. The maximum Gasteiger partial charge on any atom is 0.349 e. The van der Waals surface area contributed by atoms with Gasteiger partial charge in [0.1, 0.15) is 5.69 Å². The number of nitrogens with zero attached hydrogens (tertiary/aromatic N) is 3. The fourth-order valence-corrected chi connectivity index (χ4v) is 4.44. The van der Waals surface area contributed by atoms with Crippen molar-refractivity contribution in [3.63, 3.8) is 0 Å². The molecule has 2 unspecified atom stereocenters. The van der Waals surface area contributed by atoms with E-state index in [9.17, 15) is 19.7 Å². The molecule has 8 heteroatoms. The van der Waals surface area contributed by atoms with Crippen LogP contribution in [0.2, 0.25) is 0 Å². The molecule has 1 aliphatic carbocycles. The molecule has 7 nitrogen and oxygen atoms in total. The molecule has 1 aromatic heterocycles. The van der Waals surface area contributed by atoms with Crippen LogP contribution in [0.1, 0.15) is 47.9 Å². The van der Waals surface area contributed by atoms with Gasteiger partial charge in [0.25, 0.3) is 0 Å². The minimum atomic E-state index is -1.25. The fourth-order valence-electron chi connectivity index (χ4n) is 4.44. The van der Waals surface area contributed by atoms with Crippen LogP contribution in [-0.4, -0.2) is 24.5 Å². The van der Waals surface area contributed by atoms with Crippen LogP contribution < -0.4 is 14.7 Å². The second kappa shape index (κ2) is 6.61. The van der Waals surface area contributed by atoms with Crippen LogP contribution in [0.5, 0.6) is 5.88 Å². The molecule has 31 heavy (non-hydrogen) atoms. The summed E-state index contributed by atoms with van der Waals surface area (Å²) in [5.74, 6) is -1.33. The number of pyridine rings is 1. The van der Waals surface area contributed by atoms with Gasteiger partial charge in [-0.2, -0.15) is 14.6 Å². The molecule has 1 aromatic carbocycles. The van der Waals surface area contributed by atoms with Gasteiger partial charge in [-0.3, -0.25) is 4.65 Å². The first-order valence-corrected chi connectivity index (χ1v) is 10.2. The molecule has 2 aliphatic heterocycles. The number of likely N-dealkylation sites (N-methyl/N-ethyl adjacent to an activating group) is 1. The van der Waals surface area contributed by atoms with Crippen LogP contribution >= 0.6 is 0 Å². The lowest BCUT2D eigenvalue weighted by Crippen LogP contribution is -2.51. The molecule has 0 radical (unpaired) electrons. The Morgan fingerprint density at radius 3 is 2.81 bits per heavy atom. The van der Waals surface area contributed by atoms with Crippen LogP contribution in [0.15, 0.2) is 29.5 Å². The van der Waals surface area contributed by atoms with Gasteiger partial charge in [-0.15, -0.1) is 0 Å². The van der Waals surface area contributed by atoms with E-state index < -0.39 is 22.4 Å². The number of anilines is 1. The van der Waals surface area contributed by atoms with Gasteiger partial charge in [0, 0.05) is 22.9 Å². The lowest BCUT2D eigenvalue weighted by Gasteiger charge is -2.45. The number of allylic oxidation sites excluding steroid dienone is 1. The molecule has 1 amide bonds. The van der Waals surface area contributed by atoms with Crippen molar-refractivity contribution in [2.45, 2.75) is 32.6 Å². The largest absolute Gasteiger partial charge is 0.620 e. The number of rotatable bonds is 3. The smallest absolute Gasteiger partial charge is 0.349 e. The Morgan fingerprint density at radius 1 is 1.39 bits per heavy atom. The lowest BCUT2D eigenvalue weighted by atomic mass is 9.76. The molecule has 0 spiro atoms. The summed E-state index contributed by atoms with van der Waals surface area (Å²) in [6, 6.07) is 6.81. The highest BCUT2D eigenvalue weighted by Gasteiger charge is 2.49. The minimum absolute atomic E-state index is 0.137. The average molecular weight is 420 g/mol. The maximum absolute atomic E-state index is 14.6. The number of halogens is 1. The third-order valence-corrected chi connectivity index (χ3v) is 6.38. The van der Waals surface area contributed by atoms with Crippen LogP contribution in [0.3, 0.4) is 0 Å². The van der Waals surface area contributed by atoms with Crippen molar-refractivity contribution in [2.24, 2.45) is 5.92 Å². The van der Waals surface area contributed by atoms with E-state index in [1.54, 1.807) is 26.0 Å². The fraction of sp³-hybridized carbons (Fsp3) is 0.348. The average Bonchev–Trinajstić information content (AvgIpc) is 3.57. The van der Waals surface area contributed by atoms with Gasteiger partial charge < -0.3 is 15.3 Å². The summed E-state index contributed by atoms with van der Waals surface area (Å²) in [6.07, 6.45) is 2.12. The number of amides is 1. The summed E-state index contributed by atoms with van der Waals surface area (Å²) >= 11 is 0. The topological polar surface area (TPSA) is 98.1 Å². The number of aromatic nitrogens is 1. The van der Waals surface area contributed by atoms with E-state index in [2.05, 4.69) is 10.3 Å². The Bertz CT molecular complexity index is 1220. The number of nitrogens with one attached hydrogen (secondary N) is 1. The van der Waals surface area contributed by atoms with E-state index in [1.807, 2.05) is 6.07 Å². The number of hydroxylamine groups is 2. The number of quaternary nitrogens is 1. The maximum atomic E-state index is 14.6. The summed E-state index contributed by atoms with van der Waals surface area (Å²) in [5, 5.41) is 25.8. The van der Waals surface area contributed by atoms with Crippen LogP contribution in [0.25, 0.3) is 0 Å². The van der Waals surface area contributed by atoms with Gasteiger partial charge in [0.2, 0.25) is 11.8 Å². The standard InChI is InChI=1S/C23H21FN4O3/c1-11-20-19(22(27-21(11)24)31-10-13-4-5-13)18-15-7-6-14(9-25)8-16(15)28(3,30)23(29)17(18)12(2)26-20/h6-8,13,18,26H,4-5,10H2,1-3H3. The third kappa shape index (κ3) is 2.85. The zero-order chi connectivity index (χ0) is 22.1. The summed E-state index contributed by atoms with van der Waals surface area (Å²) in [4.78, 5) is 17.4. The SMILES string of the molecule is CC1=C2C(=O)[N+](C)([O-])c3cc(C#N)ccc3C2c2c(OCC3CC3)nc(F)c(C)c2N1. The summed E-state index contributed by atoms with van der Waals surface area (Å²) < 4.78 is 19.3. The second-order valence-electron chi connectivity index (χ2n) is 8.59. The Labute approximate surface area is 178 Å². The first-order valence-electron chi connectivity index (χ1n) is 10.2. The number of hydrogen-bond donors (Lipinski definition) is 1. The van der Waals surface area contributed by atoms with Crippen molar-refractivity contribution in [1.82, 2.24) is 9.63 Å². The normalized spacial score (nSPS) is 24.0. The molecule has 2 atom stereocenters. The molecule has 1 N–H and O–H groups in total. The predicted octanol–water partition coefficient (Wildman–Crippen LogP) is 4.00. The number of fused-ring (bicyclic) bond motifs is 5. The molecule has 158 valence electrons. The highest BCUT2D eigenvalue weighted by molar-refractivity contribution is 6.09. The van der Waals surface area contributed by atoms with E-state index in [0.29, 0.717) is 51.7 Å². The molecule has 2 aromatic rings. The molecule has 1 saturated carbocycles. The molecule has 5 rings (SSSR count). The van der Waals surface area contributed by atoms with Crippen molar-refractivity contribution in [1.29, 1.82) is 5.26 Å². The monoisotopic (exact) mass is 420 g/mol. The second-order valence-corrected chi connectivity index (χ2v) is 8.59. The quantitative estimate of drug-likeness (QED) is 0.458. The summed E-state index contributed by atoms with van der Waals surface area (Å²) in [5.41, 5.74) is 3.29. The van der Waals surface area contributed by atoms with Crippen LogP contribution in [0, 0.1) is 35.3 Å². The van der Waals surface area contributed by atoms with Gasteiger partial charge in [-0.05, 0) is 38.7 Å². The van der Waals surface area contributed by atoms with E-state index >= 15 is 0 Å². The van der Waals surface area contributed by atoms with Gasteiger partial charge in [0.05, 0.1) is 48.0 Å². The molecule has 1 fully saturated rings. The van der Waals surface area contributed by atoms with Crippen molar-refractivity contribution >= 4 is 17.3 Å². The van der Waals surface area contributed by atoms with Crippen molar-refractivity contribution in [3.8, 4) is 11.9 Å². The summed E-state index contributed by atoms with van der Waals surface area (Å²) in [6.45, 7) is 3.76. The van der Waals surface area contributed by atoms with Gasteiger partial charge >= 0.3 is 5.91 Å². The van der Waals surface area contributed by atoms with Crippen LogP contribution in [-0.2, 0) is 4.79 Å². The number of hydrogen-bond acceptors (Lipinski definition) is 6. The third-order valence-electron chi connectivity index (χ3n) is 6.38. The Balaban J connectivity index is 1.79. The highest BCUT2D eigenvalue weighted by Crippen LogP contribution is 2.53. The zero-order valence-corrected chi connectivity index (χ0v) is 17.5. The number of ether oxygens (including phenoxy) is 1. The van der Waals surface area contributed by atoms with Gasteiger partial charge in [0.15, 0.2) is 0 Å². The number of nitriles is 1. The molecule has 0 bridgehead atoms. The lowest BCUT2D eigenvalue weighted by molar-refractivity contribution is -0.123. The van der Waals surface area contributed by atoms with Crippen molar-refractivity contribution in [2.75, 3.05) is 19.0 Å². The Kier molecular flexibility index (Phi) is 4.19. The van der Waals surface area contributed by atoms with Crippen molar-refractivity contribution in [3.05, 3.63) is 62.9 Å². The molecule has 3 heterocycles. The van der Waals surface area contributed by atoms with E-state index in [-0.39, 0.29) is 11.6 Å². The molecular weight excluding hydrogens is 399 g/mol. The van der Waals surface area contributed by atoms with E-state index in [1.165, 1.54) is 13.1 Å². The number of carbonyl (C=O) groups is 1. The highest BCUT2D eigenvalue weighted by atomic mass is 19.1. The van der Waals surface area contributed by atoms with Gasteiger partial charge in [-0.25, -0.2) is 4.79 Å². The predicted molar refractivity (Wildman–Crippen MR) is 113 cm³/mol. The van der Waals surface area contributed by atoms with E-state index in [0.717, 1.165) is 12.8 Å². The number of carbonyl (C=O) groups excluding carboxylic acids is 1. The zero-order valence-electron chi connectivity index (χ0n) is 17.5. The Hall–Kier alpha value is -3.28. The Morgan fingerprint density at radius 2 is 2.13 bits per heavy atom. The van der Waals surface area contributed by atoms with Crippen molar-refractivity contribution < 1.29 is 13.9 Å². The molecule has 3 aliphatic rings. The molecular formula is C23H21FN4O3. The van der Waals surface area contributed by atoms with E-state index in [4.69, 9.17) is 4.74 Å². The first-order chi connectivity index (χ1) is 14.7. The van der Waals surface area contributed by atoms with Crippen LogP contribution in [0.4, 0.5) is 15.8 Å². The molecule has 0 saturated heterocycles.